The molecule has 0 aliphatic rings. The molecular weight excluding hydrogens is 569 g/mol. The zero-order valence-corrected chi connectivity index (χ0v) is 25.7. The van der Waals surface area contributed by atoms with E-state index in [9.17, 15) is 0 Å². The number of hydrogen-bond donors (Lipinski definition) is 0. The molecule has 1 aromatic heterocycles. The van der Waals surface area contributed by atoms with E-state index in [0.29, 0.717) is 0 Å². The lowest BCUT2D eigenvalue weighted by Crippen LogP contribution is -1.97. The summed E-state index contributed by atoms with van der Waals surface area (Å²) in [6.45, 7) is 0. The van der Waals surface area contributed by atoms with E-state index in [0.717, 1.165) is 28.1 Å². The topological polar surface area (TPSA) is 17.8 Å². The first-order valence-electron chi connectivity index (χ1n) is 16.1. The lowest BCUT2D eigenvalue weighted by molar-refractivity contribution is 1.10. The quantitative estimate of drug-likeness (QED) is 0.180. The molecule has 9 rings (SSSR count). The second-order valence-corrected chi connectivity index (χ2v) is 11.9. The van der Waals surface area contributed by atoms with Crippen molar-refractivity contribution in [3.8, 4) is 50.5 Å². The Kier molecular flexibility index (Phi) is 6.50. The number of hydrogen-bond acceptors (Lipinski definition) is 1. The minimum Gasteiger partial charge on any atom is -0.292 e. The highest BCUT2D eigenvalue weighted by Crippen LogP contribution is 2.46. The van der Waals surface area contributed by atoms with Gasteiger partial charge in [-0.1, -0.05) is 158 Å². The number of para-hydroxylation sites is 3. The van der Waals surface area contributed by atoms with E-state index in [1.165, 1.54) is 54.9 Å². The summed E-state index contributed by atoms with van der Waals surface area (Å²) in [5.74, 6) is 0.937. The predicted molar refractivity (Wildman–Crippen MR) is 198 cm³/mol. The highest BCUT2D eigenvalue weighted by atomic mass is 15.1. The molecule has 0 amide bonds. The van der Waals surface area contributed by atoms with Gasteiger partial charge in [-0.2, -0.15) is 0 Å². The molecule has 0 bridgehead atoms. The normalized spacial score (nSPS) is 11.4. The summed E-state index contributed by atoms with van der Waals surface area (Å²) < 4.78 is 2.26. The number of nitrogens with zero attached hydrogens (tertiary/aromatic N) is 2. The van der Waals surface area contributed by atoms with Crippen molar-refractivity contribution >= 4 is 32.6 Å². The van der Waals surface area contributed by atoms with Crippen molar-refractivity contribution in [2.24, 2.45) is 0 Å². The molecule has 1 heterocycles. The fourth-order valence-corrected chi connectivity index (χ4v) is 7.14. The fourth-order valence-electron chi connectivity index (χ4n) is 7.14. The molecule has 0 N–H and O–H groups in total. The zero-order valence-electron chi connectivity index (χ0n) is 25.7. The number of imidazole rings is 1. The van der Waals surface area contributed by atoms with Crippen LogP contribution in [0.15, 0.2) is 182 Å². The summed E-state index contributed by atoms with van der Waals surface area (Å²) in [7, 11) is 0. The highest BCUT2D eigenvalue weighted by Gasteiger charge is 2.19. The molecule has 8 aromatic carbocycles. The lowest BCUT2D eigenvalue weighted by atomic mass is 9.84. The first-order valence-corrected chi connectivity index (χ1v) is 16.1. The van der Waals surface area contributed by atoms with E-state index in [2.05, 4.69) is 187 Å². The fraction of sp³-hybridized carbons (Fsp3) is 0. The molecule has 0 radical (unpaired) electrons. The molecular formula is C45H30N2. The van der Waals surface area contributed by atoms with Gasteiger partial charge in [0.1, 0.15) is 5.82 Å². The summed E-state index contributed by atoms with van der Waals surface area (Å²) >= 11 is 0. The standard InChI is InChI=1S/C45H30N2/c1-3-15-31(16-4-1)35-19-7-8-20-36(35)44-39-23-11-9-21-37(39)43(38-22-10-12-24-40(38)44)32-27-29-33(30-28-32)45-46-41-25-13-14-26-42(41)47(45)34-17-5-2-6-18-34/h1-30H. The summed E-state index contributed by atoms with van der Waals surface area (Å²) in [6, 6.07) is 65.0. The van der Waals surface area contributed by atoms with E-state index in [-0.39, 0.29) is 0 Å². The van der Waals surface area contributed by atoms with E-state index in [1.54, 1.807) is 0 Å². The molecule has 220 valence electrons. The van der Waals surface area contributed by atoms with E-state index < -0.39 is 0 Å². The molecule has 0 aliphatic carbocycles. The lowest BCUT2D eigenvalue weighted by Gasteiger charge is -2.20. The predicted octanol–water partition coefficient (Wildman–Crippen LogP) is 12.0. The van der Waals surface area contributed by atoms with Crippen molar-refractivity contribution in [2.75, 3.05) is 0 Å². The SMILES string of the molecule is c1ccc(-c2ccccc2-c2c3ccccc3c(-c3ccc(-c4nc5ccccc5n4-c4ccccc4)cc3)c3ccccc23)cc1. The summed E-state index contributed by atoms with van der Waals surface area (Å²) in [6.07, 6.45) is 0. The molecule has 0 saturated carbocycles. The third-order valence-electron chi connectivity index (χ3n) is 9.22. The Morgan fingerprint density at radius 2 is 0.830 bits per heavy atom. The molecule has 0 unspecified atom stereocenters. The first kappa shape index (κ1) is 27.1. The summed E-state index contributed by atoms with van der Waals surface area (Å²) in [4.78, 5) is 5.10. The van der Waals surface area contributed by atoms with E-state index in [4.69, 9.17) is 4.98 Å². The third kappa shape index (κ3) is 4.54. The van der Waals surface area contributed by atoms with Crippen LogP contribution in [0.25, 0.3) is 83.0 Å². The molecule has 0 fully saturated rings. The van der Waals surface area contributed by atoms with Gasteiger partial charge in [0.05, 0.1) is 11.0 Å². The Balaban J connectivity index is 1.25. The van der Waals surface area contributed by atoms with Gasteiger partial charge in [0.2, 0.25) is 0 Å². The van der Waals surface area contributed by atoms with Gasteiger partial charge in [-0.15, -0.1) is 0 Å². The Morgan fingerprint density at radius 3 is 1.49 bits per heavy atom. The monoisotopic (exact) mass is 598 g/mol. The number of aromatic nitrogens is 2. The van der Waals surface area contributed by atoms with Gasteiger partial charge in [-0.25, -0.2) is 4.98 Å². The van der Waals surface area contributed by atoms with Crippen molar-refractivity contribution in [1.29, 1.82) is 0 Å². The van der Waals surface area contributed by atoms with Crippen molar-refractivity contribution in [3.05, 3.63) is 182 Å². The van der Waals surface area contributed by atoms with Crippen LogP contribution in [0.3, 0.4) is 0 Å². The van der Waals surface area contributed by atoms with Gasteiger partial charge in [0.25, 0.3) is 0 Å². The summed E-state index contributed by atoms with van der Waals surface area (Å²) in [5, 5.41) is 4.99. The first-order chi connectivity index (χ1) is 23.3. The Morgan fingerprint density at radius 1 is 0.340 bits per heavy atom. The maximum atomic E-state index is 5.10. The van der Waals surface area contributed by atoms with Crippen LogP contribution in [-0.4, -0.2) is 9.55 Å². The Labute approximate surface area is 273 Å². The van der Waals surface area contributed by atoms with Crippen LogP contribution in [0.1, 0.15) is 0 Å². The second kappa shape index (κ2) is 11.3. The summed E-state index contributed by atoms with van der Waals surface area (Å²) in [5.41, 5.74) is 11.7. The largest absolute Gasteiger partial charge is 0.292 e. The van der Waals surface area contributed by atoms with Gasteiger partial charge in [0.15, 0.2) is 0 Å². The molecule has 0 atom stereocenters. The number of fused-ring (bicyclic) bond motifs is 3. The van der Waals surface area contributed by atoms with Crippen LogP contribution < -0.4 is 0 Å². The second-order valence-electron chi connectivity index (χ2n) is 11.9. The average Bonchev–Trinajstić information content (AvgIpc) is 3.54. The van der Waals surface area contributed by atoms with Crippen LogP contribution in [-0.2, 0) is 0 Å². The molecule has 9 aromatic rings. The third-order valence-corrected chi connectivity index (χ3v) is 9.22. The van der Waals surface area contributed by atoms with Crippen molar-refractivity contribution in [1.82, 2.24) is 9.55 Å². The molecule has 47 heavy (non-hydrogen) atoms. The maximum Gasteiger partial charge on any atom is 0.145 e. The molecule has 2 nitrogen and oxygen atoms in total. The zero-order chi connectivity index (χ0) is 31.2. The smallest absolute Gasteiger partial charge is 0.145 e. The van der Waals surface area contributed by atoms with Crippen LogP contribution in [0.4, 0.5) is 0 Å². The van der Waals surface area contributed by atoms with E-state index in [1.807, 2.05) is 0 Å². The molecule has 2 heteroatoms. The highest BCUT2D eigenvalue weighted by molar-refractivity contribution is 6.22. The van der Waals surface area contributed by atoms with Gasteiger partial charge in [-0.05, 0) is 79.2 Å². The maximum absolute atomic E-state index is 5.10. The van der Waals surface area contributed by atoms with Gasteiger partial charge in [0, 0.05) is 11.3 Å². The Hall–Kier alpha value is -6.25. The number of rotatable bonds is 5. The van der Waals surface area contributed by atoms with Crippen molar-refractivity contribution < 1.29 is 0 Å². The molecule has 0 aliphatic heterocycles. The minimum absolute atomic E-state index is 0.937. The van der Waals surface area contributed by atoms with Gasteiger partial charge < -0.3 is 0 Å². The minimum atomic E-state index is 0.937. The van der Waals surface area contributed by atoms with Gasteiger partial charge in [-0.3, -0.25) is 4.57 Å². The van der Waals surface area contributed by atoms with Gasteiger partial charge >= 0.3 is 0 Å². The molecule has 0 spiro atoms. The van der Waals surface area contributed by atoms with Crippen molar-refractivity contribution in [3.63, 3.8) is 0 Å². The van der Waals surface area contributed by atoms with Crippen LogP contribution in [0, 0.1) is 0 Å². The molecule has 0 saturated heterocycles. The van der Waals surface area contributed by atoms with Crippen LogP contribution in [0.5, 0.6) is 0 Å². The van der Waals surface area contributed by atoms with Crippen LogP contribution in [0.2, 0.25) is 0 Å². The average molecular weight is 599 g/mol. The van der Waals surface area contributed by atoms with Crippen LogP contribution >= 0.6 is 0 Å². The van der Waals surface area contributed by atoms with E-state index >= 15 is 0 Å². The van der Waals surface area contributed by atoms with Crippen molar-refractivity contribution in [2.45, 2.75) is 0 Å². The Bertz CT molecular complexity index is 2490. The number of benzene rings is 8.